The zero-order valence-corrected chi connectivity index (χ0v) is 17.1. The van der Waals surface area contributed by atoms with Gasteiger partial charge in [-0.1, -0.05) is 0 Å². The van der Waals surface area contributed by atoms with Gasteiger partial charge in [-0.2, -0.15) is 41.3 Å². The molecule has 1 saturated heterocycles. The van der Waals surface area contributed by atoms with E-state index in [0.717, 1.165) is 3.57 Å². The normalized spacial score (nSPS) is 15.4. The molecule has 3 rings (SSSR count). The smallest absolute Gasteiger partial charge is 0.434 e. The fraction of sp³-hybridized carbons (Fsp3) is 0.438. The molecule has 1 aromatic carbocycles. The van der Waals surface area contributed by atoms with Crippen molar-refractivity contribution < 1.29 is 35.8 Å². The van der Waals surface area contributed by atoms with Crippen LogP contribution >= 0.6 is 22.6 Å². The second kappa shape index (κ2) is 8.95. The molecule has 0 aliphatic carbocycles. The van der Waals surface area contributed by atoms with Crippen molar-refractivity contribution in [3.8, 4) is 6.01 Å². The average molecular weight is 549 g/mol. The molecule has 7 nitrogen and oxygen atoms in total. The Hall–Kier alpha value is -2.10. The Kier molecular flexibility index (Phi) is 6.74. The van der Waals surface area contributed by atoms with Crippen LogP contribution in [0.25, 0.3) is 0 Å². The third-order valence-electron chi connectivity index (χ3n) is 3.82. The highest BCUT2D eigenvalue weighted by Crippen LogP contribution is 2.36. The van der Waals surface area contributed by atoms with Crippen LogP contribution in [-0.4, -0.2) is 59.7 Å². The molecule has 0 amide bonds. The number of hydrogen-bond donors (Lipinski definition) is 1. The van der Waals surface area contributed by atoms with Crippen molar-refractivity contribution in [2.24, 2.45) is 0 Å². The summed E-state index contributed by atoms with van der Waals surface area (Å²) in [6.07, 6.45) is -15.5. The van der Waals surface area contributed by atoms with Crippen LogP contribution in [0.2, 0.25) is 0 Å². The first-order valence-corrected chi connectivity index (χ1v) is 9.52. The van der Waals surface area contributed by atoms with Gasteiger partial charge in [-0.3, -0.25) is 0 Å². The first kappa shape index (κ1) is 22.6. The van der Waals surface area contributed by atoms with Gasteiger partial charge in [0.15, 0.2) is 0 Å². The van der Waals surface area contributed by atoms with Crippen molar-refractivity contribution in [1.82, 2.24) is 15.0 Å². The zero-order chi connectivity index (χ0) is 21.9. The lowest BCUT2D eigenvalue weighted by molar-refractivity contribution is -0.301. The summed E-state index contributed by atoms with van der Waals surface area (Å²) in [5.41, 5.74) is 0.476. The number of hydrogen-bond acceptors (Lipinski definition) is 7. The van der Waals surface area contributed by atoms with E-state index in [0.29, 0.717) is 32.0 Å². The fourth-order valence-electron chi connectivity index (χ4n) is 2.45. The summed E-state index contributed by atoms with van der Waals surface area (Å²) in [5, 5.41) is 2.74. The summed E-state index contributed by atoms with van der Waals surface area (Å²) in [6, 6.07) is 5.68. The van der Waals surface area contributed by atoms with Gasteiger partial charge in [-0.25, -0.2) is 0 Å². The summed E-state index contributed by atoms with van der Waals surface area (Å²) >= 11 is 2.07. The molecular formula is C16H14F6IN5O2. The molecule has 0 unspecified atom stereocenters. The van der Waals surface area contributed by atoms with Crippen LogP contribution in [0, 0.1) is 3.57 Å². The number of rotatable bonds is 5. The van der Waals surface area contributed by atoms with Gasteiger partial charge in [0.25, 0.3) is 6.10 Å². The summed E-state index contributed by atoms with van der Waals surface area (Å²) in [4.78, 5) is 12.9. The lowest BCUT2D eigenvalue weighted by atomic mass is 10.3. The Bertz CT molecular complexity index is 845. The maximum absolute atomic E-state index is 12.9. The highest BCUT2D eigenvalue weighted by molar-refractivity contribution is 14.1. The molecular weight excluding hydrogens is 535 g/mol. The number of nitrogens with zero attached hydrogens (tertiary/aromatic N) is 4. The first-order chi connectivity index (χ1) is 14.0. The average Bonchev–Trinajstić information content (AvgIpc) is 2.67. The van der Waals surface area contributed by atoms with Gasteiger partial charge in [0.2, 0.25) is 11.9 Å². The van der Waals surface area contributed by atoms with Gasteiger partial charge in [-0.05, 0) is 46.9 Å². The molecule has 2 aromatic rings. The minimum Gasteiger partial charge on any atom is -0.440 e. The highest BCUT2D eigenvalue weighted by Gasteiger charge is 2.59. The summed E-state index contributed by atoms with van der Waals surface area (Å²) < 4.78 is 87.6. The van der Waals surface area contributed by atoms with Crippen LogP contribution in [0.3, 0.4) is 0 Å². The Labute approximate surface area is 179 Å². The van der Waals surface area contributed by atoms with Crippen LogP contribution in [0.5, 0.6) is 6.01 Å². The van der Waals surface area contributed by atoms with Crippen molar-refractivity contribution >= 4 is 40.2 Å². The van der Waals surface area contributed by atoms with Crippen molar-refractivity contribution in [1.29, 1.82) is 0 Å². The largest absolute Gasteiger partial charge is 0.440 e. The van der Waals surface area contributed by atoms with E-state index >= 15 is 0 Å². The maximum atomic E-state index is 12.9. The monoisotopic (exact) mass is 549 g/mol. The number of morpholine rings is 1. The molecule has 0 radical (unpaired) electrons. The number of aromatic nitrogens is 3. The second-order valence-electron chi connectivity index (χ2n) is 6.05. The van der Waals surface area contributed by atoms with E-state index < -0.39 is 24.5 Å². The molecule has 1 N–H and O–H groups in total. The van der Waals surface area contributed by atoms with E-state index in [9.17, 15) is 26.3 Å². The number of ether oxygens (including phenoxy) is 2. The summed E-state index contributed by atoms with van der Waals surface area (Å²) in [7, 11) is 0. The minimum atomic E-state index is -5.70. The van der Waals surface area contributed by atoms with Crippen LogP contribution in [0.15, 0.2) is 24.3 Å². The lowest BCUT2D eigenvalue weighted by Crippen LogP contribution is -2.47. The molecule has 0 saturated carbocycles. The molecule has 1 fully saturated rings. The van der Waals surface area contributed by atoms with Gasteiger partial charge in [0.1, 0.15) is 0 Å². The minimum absolute atomic E-state index is 0.126. The number of benzene rings is 1. The van der Waals surface area contributed by atoms with E-state index in [1.165, 1.54) is 0 Å². The van der Waals surface area contributed by atoms with Crippen LogP contribution in [0.4, 0.5) is 43.9 Å². The van der Waals surface area contributed by atoms with Crippen LogP contribution < -0.4 is 15.0 Å². The Balaban J connectivity index is 1.95. The van der Waals surface area contributed by atoms with E-state index in [-0.39, 0.29) is 11.9 Å². The van der Waals surface area contributed by atoms with Crippen molar-refractivity contribution in [3.63, 3.8) is 0 Å². The quantitative estimate of drug-likeness (QED) is 0.448. The maximum Gasteiger partial charge on any atom is 0.434 e. The summed E-state index contributed by atoms with van der Waals surface area (Å²) in [5.74, 6) is -0.384. The SMILES string of the molecule is FC(F)(F)C(Oc1nc(Nc2ccc(I)cc2)nc(N2CCOCC2)n1)C(F)(F)F. The Morgan fingerprint density at radius 3 is 2.13 bits per heavy atom. The molecule has 0 atom stereocenters. The number of alkyl halides is 6. The predicted molar refractivity (Wildman–Crippen MR) is 102 cm³/mol. The highest BCUT2D eigenvalue weighted by atomic mass is 127. The van der Waals surface area contributed by atoms with Crippen molar-refractivity contribution in [2.45, 2.75) is 18.5 Å². The van der Waals surface area contributed by atoms with Gasteiger partial charge in [0, 0.05) is 22.3 Å². The first-order valence-electron chi connectivity index (χ1n) is 8.44. The molecule has 1 aromatic heterocycles. The van der Waals surface area contributed by atoms with Crippen LogP contribution in [0.1, 0.15) is 0 Å². The Morgan fingerprint density at radius 1 is 0.967 bits per heavy atom. The third kappa shape index (κ3) is 5.96. The van der Waals surface area contributed by atoms with Gasteiger partial charge >= 0.3 is 18.4 Å². The predicted octanol–water partition coefficient (Wildman–Crippen LogP) is 3.93. The standard InChI is InChI=1S/C16H14F6IN5O2/c17-15(18,19)11(16(20,21)22)30-14-26-12(24-10-3-1-9(23)2-4-10)25-13(27-14)28-5-7-29-8-6-28/h1-4,11H,5-8H2,(H,24,25,26,27). The number of halogens is 7. The topological polar surface area (TPSA) is 72.4 Å². The summed E-state index contributed by atoms with van der Waals surface area (Å²) in [6.45, 7) is 1.20. The molecule has 164 valence electrons. The van der Waals surface area contributed by atoms with Gasteiger partial charge in [-0.15, -0.1) is 0 Å². The number of anilines is 3. The number of nitrogens with one attached hydrogen (secondary N) is 1. The molecule has 14 heteroatoms. The van der Waals surface area contributed by atoms with Crippen LogP contribution in [-0.2, 0) is 4.74 Å². The van der Waals surface area contributed by atoms with E-state index in [1.807, 2.05) is 0 Å². The third-order valence-corrected chi connectivity index (χ3v) is 4.53. The van der Waals surface area contributed by atoms with E-state index in [1.54, 1.807) is 29.2 Å². The van der Waals surface area contributed by atoms with E-state index in [4.69, 9.17) is 4.74 Å². The van der Waals surface area contributed by atoms with Gasteiger partial charge < -0.3 is 19.7 Å². The Morgan fingerprint density at radius 2 is 1.57 bits per heavy atom. The lowest BCUT2D eigenvalue weighted by Gasteiger charge is -2.27. The second-order valence-corrected chi connectivity index (χ2v) is 7.30. The molecule has 30 heavy (non-hydrogen) atoms. The van der Waals surface area contributed by atoms with Gasteiger partial charge in [0.05, 0.1) is 13.2 Å². The van der Waals surface area contributed by atoms with E-state index in [2.05, 4.69) is 47.6 Å². The van der Waals surface area contributed by atoms with Crippen molar-refractivity contribution in [3.05, 3.63) is 27.8 Å². The van der Waals surface area contributed by atoms with Crippen molar-refractivity contribution in [2.75, 3.05) is 36.5 Å². The zero-order valence-electron chi connectivity index (χ0n) is 15.0. The molecule has 0 spiro atoms. The molecule has 1 aliphatic rings. The molecule has 0 bridgehead atoms. The molecule has 1 aliphatic heterocycles. The molecule has 2 heterocycles. The fourth-order valence-corrected chi connectivity index (χ4v) is 2.81.